The highest BCUT2D eigenvalue weighted by atomic mass is 32.2. The first-order chi connectivity index (χ1) is 11.3. The number of esters is 1. The van der Waals surface area contributed by atoms with Crippen LogP contribution in [0.5, 0.6) is 0 Å². The highest BCUT2D eigenvalue weighted by Gasteiger charge is 2.29. The third-order valence-corrected chi connectivity index (χ3v) is 7.45. The summed E-state index contributed by atoms with van der Waals surface area (Å²) in [6.45, 7) is 1.82. The topological polar surface area (TPSA) is 89.5 Å². The number of thiophene rings is 1. The molecule has 0 aromatic carbocycles. The van der Waals surface area contributed by atoms with E-state index in [-0.39, 0.29) is 24.2 Å². The first-order valence-corrected chi connectivity index (χ1v) is 10.7. The maximum absolute atomic E-state index is 12.1. The standard InChI is InChI=1S/C16H21NO5S2/c1-10-2-3-13-11(6-10)7-14(23-13)16(19)22-8-15(18)17-12-4-5-24(20,21)9-12/h7,10,12H,2-6,8-9H2,1H3,(H,17,18)/t10-,12+/m1/s1. The Labute approximate surface area is 145 Å². The van der Waals surface area contributed by atoms with E-state index in [4.69, 9.17) is 4.74 Å². The van der Waals surface area contributed by atoms with Crippen molar-refractivity contribution in [1.29, 1.82) is 0 Å². The van der Waals surface area contributed by atoms with Gasteiger partial charge in [0.15, 0.2) is 16.4 Å². The molecule has 8 heteroatoms. The van der Waals surface area contributed by atoms with Crippen LogP contribution >= 0.6 is 11.3 Å². The van der Waals surface area contributed by atoms with Gasteiger partial charge in [0.25, 0.3) is 5.91 Å². The van der Waals surface area contributed by atoms with Gasteiger partial charge in [-0.05, 0) is 43.2 Å². The predicted molar refractivity (Wildman–Crippen MR) is 91.0 cm³/mol. The second-order valence-electron chi connectivity index (χ2n) is 6.65. The monoisotopic (exact) mass is 371 g/mol. The van der Waals surface area contributed by atoms with Crippen LogP contribution in [0.25, 0.3) is 0 Å². The van der Waals surface area contributed by atoms with Gasteiger partial charge in [0, 0.05) is 10.9 Å². The number of hydrogen-bond acceptors (Lipinski definition) is 6. The molecule has 1 aliphatic carbocycles. The van der Waals surface area contributed by atoms with Crippen molar-refractivity contribution in [3.8, 4) is 0 Å². The van der Waals surface area contributed by atoms with Crippen molar-refractivity contribution < 1.29 is 22.7 Å². The van der Waals surface area contributed by atoms with Crippen molar-refractivity contribution in [2.75, 3.05) is 18.1 Å². The minimum absolute atomic E-state index is 0.0392. The van der Waals surface area contributed by atoms with E-state index in [1.165, 1.54) is 21.8 Å². The largest absolute Gasteiger partial charge is 0.451 e. The Balaban J connectivity index is 1.50. The fourth-order valence-electron chi connectivity index (χ4n) is 3.19. The summed E-state index contributed by atoms with van der Waals surface area (Å²) in [7, 11) is -3.04. The van der Waals surface area contributed by atoms with Crippen LogP contribution in [-0.4, -0.2) is 44.4 Å². The average Bonchev–Trinajstić information content (AvgIpc) is 3.07. The third-order valence-electron chi connectivity index (χ3n) is 4.46. The number of fused-ring (bicyclic) bond motifs is 1. The van der Waals surface area contributed by atoms with Crippen molar-refractivity contribution in [2.45, 2.75) is 38.6 Å². The average molecular weight is 371 g/mol. The van der Waals surface area contributed by atoms with Gasteiger partial charge in [-0.15, -0.1) is 11.3 Å². The fourth-order valence-corrected chi connectivity index (χ4v) is 5.96. The van der Waals surface area contributed by atoms with Gasteiger partial charge in [0.2, 0.25) is 0 Å². The van der Waals surface area contributed by atoms with Crippen LogP contribution in [0.2, 0.25) is 0 Å². The molecule has 1 aromatic heterocycles. The third kappa shape index (κ3) is 4.16. The number of rotatable bonds is 4. The smallest absolute Gasteiger partial charge is 0.348 e. The molecule has 0 bridgehead atoms. The molecule has 0 spiro atoms. The van der Waals surface area contributed by atoms with Crippen LogP contribution in [0.1, 0.15) is 39.9 Å². The van der Waals surface area contributed by atoms with Gasteiger partial charge in [0.05, 0.1) is 11.5 Å². The number of carbonyl (C=O) groups is 2. The van der Waals surface area contributed by atoms with E-state index in [1.54, 1.807) is 0 Å². The predicted octanol–water partition coefficient (Wildman–Crippen LogP) is 1.33. The number of amides is 1. The molecular formula is C16H21NO5S2. The molecule has 1 aromatic rings. The number of aryl methyl sites for hydroxylation is 1. The maximum atomic E-state index is 12.1. The summed E-state index contributed by atoms with van der Waals surface area (Å²) in [6, 6.07) is 1.50. The Hall–Kier alpha value is -1.41. The summed E-state index contributed by atoms with van der Waals surface area (Å²) < 4.78 is 27.8. The molecule has 0 radical (unpaired) electrons. The summed E-state index contributed by atoms with van der Waals surface area (Å²) in [5, 5.41) is 2.60. The summed E-state index contributed by atoms with van der Waals surface area (Å²) in [4.78, 5) is 25.7. The lowest BCUT2D eigenvalue weighted by Gasteiger charge is -2.16. The Morgan fingerprint density at radius 3 is 2.88 bits per heavy atom. The van der Waals surface area contributed by atoms with Gasteiger partial charge in [-0.3, -0.25) is 4.79 Å². The molecule has 132 valence electrons. The fraction of sp³-hybridized carbons (Fsp3) is 0.625. The molecule has 2 atom stereocenters. The molecule has 1 amide bonds. The van der Waals surface area contributed by atoms with Gasteiger partial charge < -0.3 is 10.1 Å². The summed E-state index contributed by atoms with van der Waals surface area (Å²) in [5.74, 6) is -0.263. The molecule has 24 heavy (non-hydrogen) atoms. The molecule has 1 aliphatic heterocycles. The van der Waals surface area contributed by atoms with Crippen LogP contribution < -0.4 is 5.32 Å². The van der Waals surface area contributed by atoms with Crippen LogP contribution in [0.3, 0.4) is 0 Å². The highest BCUT2D eigenvalue weighted by molar-refractivity contribution is 7.91. The Kier molecular flexibility index (Phi) is 4.96. The number of carbonyl (C=O) groups excluding carboxylic acids is 2. The van der Waals surface area contributed by atoms with Gasteiger partial charge >= 0.3 is 5.97 Å². The van der Waals surface area contributed by atoms with Crippen LogP contribution in [-0.2, 0) is 32.2 Å². The normalized spacial score (nSPS) is 25.0. The molecule has 2 heterocycles. The lowest BCUT2D eigenvalue weighted by molar-refractivity contribution is -0.124. The van der Waals surface area contributed by atoms with E-state index in [2.05, 4.69) is 12.2 Å². The first kappa shape index (κ1) is 17.4. The lowest BCUT2D eigenvalue weighted by atomic mass is 9.90. The number of nitrogens with one attached hydrogen (secondary N) is 1. The number of sulfone groups is 1. The van der Waals surface area contributed by atoms with E-state index < -0.39 is 21.7 Å². The Morgan fingerprint density at radius 2 is 2.17 bits per heavy atom. The van der Waals surface area contributed by atoms with Gasteiger partial charge in [-0.1, -0.05) is 6.92 Å². The van der Waals surface area contributed by atoms with Crippen molar-refractivity contribution in [2.24, 2.45) is 5.92 Å². The molecule has 1 fully saturated rings. The highest BCUT2D eigenvalue weighted by Crippen LogP contribution is 2.32. The van der Waals surface area contributed by atoms with Crippen molar-refractivity contribution in [3.63, 3.8) is 0 Å². The molecule has 2 aliphatic rings. The quantitative estimate of drug-likeness (QED) is 0.807. The SMILES string of the molecule is C[C@@H]1CCc2sc(C(=O)OCC(=O)N[C@H]3CCS(=O)(=O)C3)cc2C1. The number of ether oxygens (including phenoxy) is 1. The molecule has 0 unspecified atom stereocenters. The molecule has 1 saturated heterocycles. The molecule has 6 nitrogen and oxygen atoms in total. The molecule has 1 N–H and O–H groups in total. The van der Waals surface area contributed by atoms with Gasteiger partial charge in [-0.25, -0.2) is 13.2 Å². The summed E-state index contributed by atoms with van der Waals surface area (Å²) in [6.07, 6.45) is 3.52. The maximum Gasteiger partial charge on any atom is 0.348 e. The van der Waals surface area contributed by atoms with E-state index in [1.807, 2.05) is 6.07 Å². The van der Waals surface area contributed by atoms with Crippen LogP contribution in [0.4, 0.5) is 0 Å². The minimum Gasteiger partial charge on any atom is -0.451 e. The van der Waals surface area contributed by atoms with E-state index >= 15 is 0 Å². The van der Waals surface area contributed by atoms with Gasteiger partial charge in [0.1, 0.15) is 4.88 Å². The van der Waals surface area contributed by atoms with E-state index in [9.17, 15) is 18.0 Å². The summed E-state index contributed by atoms with van der Waals surface area (Å²) >= 11 is 1.44. The van der Waals surface area contributed by atoms with Gasteiger partial charge in [-0.2, -0.15) is 0 Å². The second-order valence-corrected chi connectivity index (χ2v) is 10.0. The van der Waals surface area contributed by atoms with Crippen molar-refractivity contribution in [3.05, 3.63) is 21.4 Å². The van der Waals surface area contributed by atoms with Crippen molar-refractivity contribution in [1.82, 2.24) is 5.32 Å². The minimum atomic E-state index is -3.04. The van der Waals surface area contributed by atoms with Crippen LogP contribution in [0.15, 0.2) is 6.07 Å². The van der Waals surface area contributed by atoms with Crippen molar-refractivity contribution >= 4 is 33.1 Å². The van der Waals surface area contributed by atoms with E-state index in [0.29, 0.717) is 17.2 Å². The van der Waals surface area contributed by atoms with Crippen LogP contribution in [0, 0.1) is 5.92 Å². The van der Waals surface area contributed by atoms with E-state index in [0.717, 1.165) is 19.3 Å². The zero-order chi connectivity index (χ0) is 17.3. The first-order valence-electron chi connectivity index (χ1n) is 8.11. The number of hydrogen-bond donors (Lipinski definition) is 1. The Morgan fingerprint density at radius 1 is 1.38 bits per heavy atom. The molecular weight excluding hydrogens is 350 g/mol. The second kappa shape index (κ2) is 6.84. The Bertz CT molecular complexity index is 753. The molecule has 0 saturated carbocycles. The zero-order valence-corrected chi connectivity index (χ0v) is 15.2. The zero-order valence-electron chi connectivity index (χ0n) is 13.5. The molecule has 3 rings (SSSR count). The summed E-state index contributed by atoms with van der Waals surface area (Å²) in [5.41, 5.74) is 1.21. The lowest BCUT2D eigenvalue weighted by Crippen LogP contribution is -2.38.